The molecule has 2 nitrogen and oxygen atoms in total. The maximum absolute atomic E-state index is 5.74. The summed E-state index contributed by atoms with van der Waals surface area (Å²) in [5.74, 6) is 0.593. The maximum atomic E-state index is 5.74. The molecule has 0 amide bonds. The molecule has 3 rings (SSSR count). The Labute approximate surface area is 131 Å². The zero-order valence-electron chi connectivity index (χ0n) is 12.3. The average Bonchev–Trinajstić information content (AvgIpc) is 2.55. The molecule has 0 N–H and O–H groups in total. The summed E-state index contributed by atoms with van der Waals surface area (Å²) in [6.07, 6.45) is 2.62. The predicted molar refractivity (Wildman–Crippen MR) is 88.9 cm³/mol. The number of piperidine rings is 1. The topological polar surface area (TPSA) is 12.5 Å². The highest BCUT2D eigenvalue weighted by molar-refractivity contribution is 6.17. The number of nitrogens with zero attached hydrogens (tertiary/aromatic N) is 1. The third kappa shape index (κ3) is 3.76. The molecule has 21 heavy (non-hydrogen) atoms. The van der Waals surface area contributed by atoms with Gasteiger partial charge in [-0.25, -0.2) is 0 Å². The number of rotatable bonds is 5. The van der Waals surface area contributed by atoms with Crippen molar-refractivity contribution in [3.63, 3.8) is 0 Å². The molecule has 1 aliphatic heterocycles. The Morgan fingerprint density at radius 3 is 2.62 bits per heavy atom. The summed E-state index contributed by atoms with van der Waals surface area (Å²) in [6.45, 7) is 3.92. The lowest BCUT2D eigenvalue weighted by atomic mass is 10.0. The zero-order valence-corrected chi connectivity index (χ0v) is 13.1. The van der Waals surface area contributed by atoms with Gasteiger partial charge >= 0.3 is 0 Å². The minimum atomic E-state index is 0.396. The van der Waals surface area contributed by atoms with E-state index in [4.69, 9.17) is 16.3 Å². The first-order valence-corrected chi connectivity index (χ1v) is 8.27. The van der Waals surface area contributed by atoms with Crippen molar-refractivity contribution in [3.05, 3.63) is 48.0 Å². The molecule has 0 bridgehead atoms. The van der Waals surface area contributed by atoms with Crippen molar-refractivity contribution >= 4 is 22.4 Å². The quantitative estimate of drug-likeness (QED) is 0.772. The second-order valence-electron chi connectivity index (χ2n) is 5.67. The van der Waals surface area contributed by atoms with Crippen molar-refractivity contribution in [2.24, 2.45) is 0 Å². The van der Waals surface area contributed by atoms with E-state index >= 15 is 0 Å². The van der Waals surface area contributed by atoms with E-state index in [9.17, 15) is 0 Å². The first-order chi connectivity index (χ1) is 10.4. The fourth-order valence-corrected chi connectivity index (χ4v) is 3.21. The van der Waals surface area contributed by atoms with Gasteiger partial charge in [-0.3, -0.25) is 4.90 Å². The molecule has 2 aromatic rings. The number of benzene rings is 2. The SMILES string of the molecule is ClCCOC1CCN(Cc2cccc3ccccc23)CC1. The van der Waals surface area contributed by atoms with E-state index in [0.717, 1.165) is 32.5 Å². The Kier molecular flexibility index (Phi) is 5.13. The van der Waals surface area contributed by atoms with E-state index in [-0.39, 0.29) is 0 Å². The minimum absolute atomic E-state index is 0.396. The minimum Gasteiger partial charge on any atom is -0.377 e. The van der Waals surface area contributed by atoms with E-state index in [1.165, 1.54) is 16.3 Å². The van der Waals surface area contributed by atoms with Crippen LogP contribution in [-0.2, 0) is 11.3 Å². The van der Waals surface area contributed by atoms with Crippen LogP contribution in [0.3, 0.4) is 0 Å². The third-order valence-corrected chi connectivity index (χ3v) is 4.39. The fourth-order valence-electron chi connectivity index (χ4n) is 3.12. The second-order valence-corrected chi connectivity index (χ2v) is 6.05. The van der Waals surface area contributed by atoms with E-state index < -0.39 is 0 Å². The van der Waals surface area contributed by atoms with Crippen LogP contribution >= 0.6 is 11.6 Å². The Hall–Kier alpha value is -1.09. The van der Waals surface area contributed by atoms with Crippen molar-refractivity contribution in [2.45, 2.75) is 25.5 Å². The summed E-state index contributed by atoms with van der Waals surface area (Å²) in [7, 11) is 0. The van der Waals surface area contributed by atoms with Gasteiger partial charge < -0.3 is 4.74 Å². The molecule has 1 heterocycles. The Bertz CT molecular complexity index is 573. The number of fused-ring (bicyclic) bond motifs is 1. The molecule has 0 spiro atoms. The zero-order chi connectivity index (χ0) is 14.5. The molecule has 3 heteroatoms. The summed E-state index contributed by atoms with van der Waals surface area (Å²) < 4.78 is 5.74. The first-order valence-electron chi connectivity index (χ1n) is 7.73. The smallest absolute Gasteiger partial charge is 0.0605 e. The van der Waals surface area contributed by atoms with Gasteiger partial charge in [0, 0.05) is 25.5 Å². The number of hydrogen-bond acceptors (Lipinski definition) is 2. The lowest BCUT2D eigenvalue weighted by Crippen LogP contribution is -2.36. The van der Waals surface area contributed by atoms with Crippen LogP contribution in [0.4, 0.5) is 0 Å². The van der Waals surface area contributed by atoms with E-state index in [1.807, 2.05) is 0 Å². The summed E-state index contributed by atoms with van der Waals surface area (Å²) in [5.41, 5.74) is 1.42. The summed E-state index contributed by atoms with van der Waals surface area (Å²) in [4.78, 5) is 2.53. The van der Waals surface area contributed by atoms with Crippen molar-refractivity contribution in [1.29, 1.82) is 0 Å². The standard InChI is InChI=1S/C18H22ClNO/c19-10-13-21-17-8-11-20(12-9-17)14-16-6-3-5-15-4-1-2-7-18(15)16/h1-7,17H,8-14H2. The number of halogens is 1. The molecule has 1 saturated heterocycles. The van der Waals surface area contributed by atoms with Crippen molar-refractivity contribution in [2.75, 3.05) is 25.6 Å². The molecule has 0 aromatic heterocycles. The highest BCUT2D eigenvalue weighted by atomic mass is 35.5. The van der Waals surface area contributed by atoms with Gasteiger partial charge in [-0.05, 0) is 29.2 Å². The molecule has 0 unspecified atom stereocenters. The van der Waals surface area contributed by atoms with Crippen LogP contribution in [0.15, 0.2) is 42.5 Å². The number of likely N-dealkylation sites (tertiary alicyclic amines) is 1. The molecule has 112 valence electrons. The summed E-state index contributed by atoms with van der Waals surface area (Å²) in [6, 6.07) is 15.2. The van der Waals surface area contributed by atoms with Crippen molar-refractivity contribution in [3.8, 4) is 0 Å². The molecular formula is C18H22ClNO. The molecule has 0 atom stereocenters. The number of ether oxygens (including phenoxy) is 1. The largest absolute Gasteiger partial charge is 0.377 e. The first kappa shape index (κ1) is 14.8. The third-order valence-electron chi connectivity index (χ3n) is 4.24. The molecule has 1 fully saturated rings. The van der Waals surface area contributed by atoms with Crippen LogP contribution in [0.1, 0.15) is 18.4 Å². The number of alkyl halides is 1. The van der Waals surface area contributed by atoms with Gasteiger partial charge in [-0.15, -0.1) is 11.6 Å². The average molecular weight is 304 g/mol. The van der Waals surface area contributed by atoms with Gasteiger partial charge in [-0.1, -0.05) is 42.5 Å². The van der Waals surface area contributed by atoms with Crippen LogP contribution in [0.25, 0.3) is 10.8 Å². The molecule has 0 radical (unpaired) electrons. The molecule has 0 saturated carbocycles. The van der Waals surface area contributed by atoms with Gasteiger partial charge in [0.2, 0.25) is 0 Å². The lowest BCUT2D eigenvalue weighted by Gasteiger charge is -2.32. The van der Waals surface area contributed by atoms with Gasteiger partial charge in [0.15, 0.2) is 0 Å². The summed E-state index contributed by atoms with van der Waals surface area (Å²) in [5, 5.41) is 2.70. The fraction of sp³-hybridized carbons (Fsp3) is 0.444. The van der Waals surface area contributed by atoms with Crippen LogP contribution in [0.5, 0.6) is 0 Å². The molecule has 2 aromatic carbocycles. The highest BCUT2D eigenvalue weighted by Crippen LogP contribution is 2.22. The highest BCUT2D eigenvalue weighted by Gasteiger charge is 2.19. The van der Waals surface area contributed by atoms with Crippen LogP contribution in [0, 0.1) is 0 Å². The Balaban J connectivity index is 1.62. The molecule has 0 aliphatic carbocycles. The number of hydrogen-bond donors (Lipinski definition) is 0. The lowest BCUT2D eigenvalue weighted by molar-refractivity contribution is 0.0135. The van der Waals surface area contributed by atoms with E-state index in [0.29, 0.717) is 18.6 Å². The van der Waals surface area contributed by atoms with Gasteiger partial charge in [0.1, 0.15) is 0 Å². The van der Waals surface area contributed by atoms with E-state index in [2.05, 4.69) is 47.4 Å². The van der Waals surface area contributed by atoms with Crippen LogP contribution in [0.2, 0.25) is 0 Å². The van der Waals surface area contributed by atoms with E-state index in [1.54, 1.807) is 0 Å². The normalized spacial score (nSPS) is 17.4. The summed E-state index contributed by atoms with van der Waals surface area (Å²) >= 11 is 5.68. The van der Waals surface area contributed by atoms with Gasteiger partial charge in [-0.2, -0.15) is 0 Å². The Morgan fingerprint density at radius 2 is 1.81 bits per heavy atom. The molecular weight excluding hydrogens is 282 g/mol. The second kappa shape index (κ2) is 7.26. The Morgan fingerprint density at radius 1 is 1.05 bits per heavy atom. The van der Waals surface area contributed by atoms with Crippen LogP contribution < -0.4 is 0 Å². The van der Waals surface area contributed by atoms with Crippen molar-refractivity contribution in [1.82, 2.24) is 4.90 Å². The monoisotopic (exact) mass is 303 g/mol. The van der Waals surface area contributed by atoms with Crippen LogP contribution in [-0.4, -0.2) is 36.6 Å². The predicted octanol–water partition coefficient (Wildman–Crippen LogP) is 4.06. The molecule has 1 aliphatic rings. The van der Waals surface area contributed by atoms with Gasteiger partial charge in [0.05, 0.1) is 12.7 Å². The van der Waals surface area contributed by atoms with Gasteiger partial charge in [0.25, 0.3) is 0 Å². The van der Waals surface area contributed by atoms with Crippen molar-refractivity contribution < 1.29 is 4.74 Å². The maximum Gasteiger partial charge on any atom is 0.0605 e.